The lowest BCUT2D eigenvalue weighted by Crippen LogP contribution is -2.42. The summed E-state index contributed by atoms with van der Waals surface area (Å²) < 4.78 is 1.88. The maximum Gasteiger partial charge on any atom is 0.180 e. The summed E-state index contributed by atoms with van der Waals surface area (Å²) in [5, 5.41) is 9.49. The van der Waals surface area contributed by atoms with E-state index in [1.54, 1.807) is 12.4 Å². The molecule has 1 unspecified atom stereocenters. The number of nitrogen functional groups attached to an aromatic ring is 1. The Bertz CT molecular complexity index is 552. The molecule has 96 valence electrons. The van der Waals surface area contributed by atoms with Crippen molar-refractivity contribution in [2.45, 2.75) is 25.3 Å². The molecule has 6 nitrogen and oxygen atoms in total. The highest BCUT2D eigenvalue weighted by Gasteiger charge is 2.25. The Morgan fingerprint density at radius 1 is 1.44 bits per heavy atom. The summed E-state index contributed by atoms with van der Waals surface area (Å²) in [4.78, 5) is 10.9. The van der Waals surface area contributed by atoms with Crippen LogP contribution in [0.5, 0.6) is 0 Å². The van der Waals surface area contributed by atoms with Gasteiger partial charge in [-0.25, -0.2) is 9.97 Å². The fraction of sp³-hybridized carbons (Fsp3) is 0.500. The van der Waals surface area contributed by atoms with Gasteiger partial charge in [-0.1, -0.05) is 0 Å². The van der Waals surface area contributed by atoms with Crippen LogP contribution in [0.4, 0.5) is 11.6 Å². The van der Waals surface area contributed by atoms with Gasteiger partial charge in [0.1, 0.15) is 5.82 Å². The molecule has 1 aliphatic rings. The van der Waals surface area contributed by atoms with E-state index in [1.807, 2.05) is 10.6 Å². The van der Waals surface area contributed by atoms with Gasteiger partial charge in [-0.3, -0.25) is 0 Å². The molecule has 0 aromatic carbocycles. The van der Waals surface area contributed by atoms with E-state index >= 15 is 0 Å². The summed E-state index contributed by atoms with van der Waals surface area (Å²) in [6.07, 6.45) is 8.59. The van der Waals surface area contributed by atoms with Crippen LogP contribution >= 0.6 is 0 Å². The molecule has 3 N–H and O–H groups in total. The molecule has 1 aliphatic heterocycles. The van der Waals surface area contributed by atoms with E-state index in [-0.39, 0.29) is 12.6 Å². The van der Waals surface area contributed by atoms with Crippen molar-refractivity contribution in [2.75, 3.05) is 23.8 Å². The third kappa shape index (κ3) is 1.78. The van der Waals surface area contributed by atoms with Crippen LogP contribution in [0.2, 0.25) is 0 Å². The van der Waals surface area contributed by atoms with E-state index in [2.05, 4.69) is 14.9 Å². The molecule has 18 heavy (non-hydrogen) atoms. The lowest BCUT2D eigenvalue weighted by molar-refractivity contribution is 0.239. The van der Waals surface area contributed by atoms with Crippen LogP contribution in [0, 0.1) is 0 Å². The number of aromatic nitrogens is 3. The van der Waals surface area contributed by atoms with Crippen LogP contribution in [-0.4, -0.2) is 38.7 Å². The van der Waals surface area contributed by atoms with Gasteiger partial charge in [0.25, 0.3) is 0 Å². The van der Waals surface area contributed by atoms with Gasteiger partial charge in [-0.2, -0.15) is 0 Å². The molecule has 0 spiro atoms. The molecule has 1 saturated heterocycles. The minimum Gasteiger partial charge on any atom is -0.394 e. The molecular weight excluding hydrogens is 230 g/mol. The van der Waals surface area contributed by atoms with Crippen LogP contribution in [0.15, 0.2) is 18.6 Å². The maximum absolute atomic E-state index is 9.49. The number of hydrogen-bond donors (Lipinski definition) is 2. The Labute approximate surface area is 105 Å². The molecule has 2 aromatic heterocycles. The number of nitrogens with two attached hydrogens (primary N) is 1. The molecular formula is C12H17N5O. The number of aliphatic hydroxyl groups is 1. The second-order valence-electron chi connectivity index (χ2n) is 4.67. The Balaban J connectivity index is 2.08. The first-order valence-electron chi connectivity index (χ1n) is 6.26. The van der Waals surface area contributed by atoms with Crippen molar-refractivity contribution in [1.82, 2.24) is 14.4 Å². The number of nitrogens with zero attached hydrogens (tertiary/aromatic N) is 4. The average Bonchev–Trinajstić information content (AvgIpc) is 2.85. The van der Waals surface area contributed by atoms with Gasteiger partial charge < -0.3 is 20.1 Å². The van der Waals surface area contributed by atoms with E-state index < -0.39 is 0 Å². The topological polar surface area (TPSA) is 79.7 Å². The molecule has 2 aromatic rings. The molecule has 0 radical (unpaired) electrons. The lowest BCUT2D eigenvalue weighted by Gasteiger charge is -2.35. The van der Waals surface area contributed by atoms with Crippen molar-refractivity contribution < 1.29 is 5.11 Å². The highest BCUT2D eigenvalue weighted by atomic mass is 16.3. The molecule has 3 heterocycles. The molecule has 1 atom stereocenters. The van der Waals surface area contributed by atoms with Crippen molar-refractivity contribution >= 4 is 17.3 Å². The summed E-state index contributed by atoms with van der Waals surface area (Å²) in [5.41, 5.74) is 6.62. The largest absolute Gasteiger partial charge is 0.394 e. The first-order valence-corrected chi connectivity index (χ1v) is 6.26. The molecule has 1 fully saturated rings. The first-order chi connectivity index (χ1) is 8.79. The smallest absolute Gasteiger partial charge is 0.180 e. The van der Waals surface area contributed by atoms with Gasteiger partial charge in [-0.15, -0.1) is 0 Å². The lowest BCUT2D eigenvalue weighted by atomic mass is 10.0. The number of anilines is 2. The maximum atomic E-state index is 9.49. The number of piperidine rings is 1. The van der Waals surface area contributed by atoms with Crippen LogP contribution in [0.25, 0.3) is 5.65 Å². The predicted octanol–water partition coefficient (Wildman–Crippen LogP) is 0.663. The van der Waals surface area contributed by atoms with E-state index in [0.29, 0.717) is 5.82 Å². The Kier molecular flexibility index (Phi) is 2.79. The number of rotatable bonds is 2. The zero-order valence-corrected chi connectivity index (χ0v) is 10.2. The minimum absolute atomic E-state index is 0.119. The van der Waals surface area contributed by atoms with E-state index in [0.717, 1.165) is 37.3 Å². The monoisotopic (exact) mass is 247 g/mol. The van der Waals surface area contributed by atoms with Gasteiger partial charge in [-0.05, 0) is 19.3 Å². The van der Waals surface area contributed by atoms with E-state index in [9.17, 15) is 5.11 Å². The summed E-state index contributed by atoms with van der Waals surface area (Å²) >= 11 is 0. The fourth-order valence-corrected chi connectivity index (χ4v) is 2.60. The van der Waals surface area contributed by atoms with Crippen LogP contribution in [-0.2, 0) is 0 Å². The molecule has 6 heteroatoms. The van der Waals surface area contributed by atoms with Gasteiger partial charge in [0.15, 0.2) is 11.5 Å². The molecule has 0 bridgehead atoms. The highest BCUT2D eigenvalue weighted by Crippen LogP contribution is 2.26. The number of hydrogen-bond acceptors (Lipinski definition) is 5. The van der Waals surface area contributed by atoms with Gasteiger partial charge in [0.2, 0.25) is 0 Å². The Hall–Kier alpha value is -1.82. The van der Waals surface area contributed by atoms with Crippen LogP contribution in [0.1, 0.15) is 19.3 Å². The molecule has 0 amide bonds. The second-order valence-corrected chi connectivity index (χ2v) is 4.67. The summed E-state index contributed by atoms with van der Waals surface area (Å²) in [5.74, 6) is 1.25. The molecule has 3 rings (SSSR count). The molecule has 0 saturated carbocycles. The first kappa shape index (κ1) is 11.3. The SMILES string of the molecule is Nc1cn2ccnc2c(N2CCCCC2CO)n1. The third-order valence-electron chi connectivity index (χ3n) is 3.48. The van der Waals surface area contributed by atoms with Crippen LogP contribution in [0.3, 0.4) is 0 Å². The number of imidazole rings is 1. The molecule has 0 aliphatic carbocycles. The van der Waals surface area contributed by atoms with Gasteiger partial charge in [0, 0.05) is 18.9 Å². The normalized spacial score (nSPS) is 20.5. The zero-order valence-electron chi connectivity index (χ0n) is 10.2. The van der Waals surface area contributed by atoms with Gasteiger partial charge >= 0.3 is 0 Å². The van der Waals surface area contributed by atoms with Crippen molar-refractivity contribution in [3.05, 3.63) is 18.6 Å². The van der Waals surface area contributed by atoms with E-state index in [1.165, 1.54) is 0 Å². The second kappa shape index (κ2) is 4.45. The zero-order chi connectivity index (χ0) is 12.5. The Morgan fingerprint density at radius 3 is 3.17 bits per heavy atom. The highest BCUT2D eigenvalue weighted by molar-refractivity contribution is 5.67. The van der Waals surface area contributed by atoms with E-state index in [4.69, 9.17) is 5.73 Å². The summed E-state index contributed by atoms with van der Waals surface area (Å²) in [6.45, 7) is 1.04. The minimum atomic E-state index is 0.119. The van der Waals surface area contributed by atoms with Crippen LogP contribution < -0.4 is 10.6 Å². The van der Waals surface area contributed by atoms with Crippen molar-refractivity contribution in [1.29, 1.82) is 0 Å². The fourth-order valence-electron chi connectivity index (χ4n) is 2.60. The summed E-state index contributed by atoms with van der Waals surface area (Å²) in [6, 6.07) is 0.119. The Morgan fingerprint density at radius 2 is 2.33 bits per heavy atom. The van der Waals surface area contributed by atoms with Gasteiger partial charge in [0.05, 0.1) is 18.8 Å². The van der Waals surface area contributed by atoms with Crippen molar-refractivity contribution in [3.8, 4) is 0 Å². The number of fused-ring (bicyclic) bond motifs is 1. The predicted molar refractivity (Wildman–Crippen MR) is 69.5 cm³/mol. The number of aliphatic hydroxyl groups excluding tert-OH is 1. The quantitative estimate of drug-likeness (QED) is 0.815. The standard InChI is InChI=1S/C12H17N5O/c13-10-7-16-6-4-14-11(16)12(15-10)17-5-2-1-3-9(17)8-18/h4,6-7,9,18H,1-3,5,8,13H2. The van der Waals surface area contributed by atoms with Crippen molar-refractivity contribution in [2.24, 2.45) is 0 Å². The summed E-state index contributed by atoms with van der Waals surface area (Å²) in [7, 11) is 0. The van der Waals surface area contributed by atoms with Crippen molar-refractivity contribution in [3.63, 3.8) is 0 Å². The average molecular weight is 247 g/mol. The third-order valence-corrected chi connectivity index (χ3v) is 3.48.